The van der Waals surface area contributed by atoms with E-state index in [1.165, 1.54) is 6.26 Å². The Morgan fingerprint density at radius 3 is 2.62 bits per heavy atom. The molecule has 0 spiro atoms. The highest BCUT2D eigenvalue weighted by atomic mass is 16.5. The molecule has 1 atom stereocenters. The van der Waals surface area contributed by atoms with Crippen LogP contribution in [0.1, 0.15) is 33.5 Å². The van der Waals surface area contributed by atoms with Gasteiger partial charge in [0.25, 0.3) is 5.91 Å². The van der Waals surface area contributed by atoms with E-state index in [1.54, 1.807) is 12.1 Å². The molecular weight excluding hydrogens is 428 g/mol. The van der Waals surface area contributed by atoms with Crippen LogP contribution in [0, 0.1) is 0 Å². The van der Waals surface area contributed by atoms with Gasteiger partial charge in [0, 0.05) is 22.8 Å². The highest BCUT2D eigenvalue weighted by Crippen LogP contribution is 2.23. The molecule has 170 valence electrons. The van der Waals surface area contributed by atoms with Crippen molar-refractivity contribution < 1.29 is 13.9 Å². The number of carbonyl (C=O) groups excluding carboxylic acids is 1. The van der Waals surface area contributed by atoms with Gasteiger partial charge in [-0.1, -0.05) is 48.5 Å². The number of aromatic nitrogens is 2. The minimum atomic E-state index is -0.471. The second-order valence-corrected chi connectivity index (χ2v) is 7.99. The second kappa shape index (κ2) is 9.64. The molecule has 0 bridgehead atoms. The lowest BCUT2D eigenvalue weighted by atomic mass is 10.1. The number of amides is 1. The van der Waals surface area contributed by atoms with Crippen LogP contribution in [0.15, 0.2) is 95.7 Å². The van der Waals surface area contributed by atoms with E-state index in [4.69, 9.17) is 14.9 Å². The van der Waals surface area contributed by atoms with Crippen molar-refractivity contribution >= 4 is 22.5 Å². The van der Waals surface area contributed by atoms with E-state index < -0.39 is 6.04 Å². The highest BCUT2D eigenvalue weighted by molar-refractivity contribution is 6.02. The van der Waals surface area contributed by atoms with E-state index in [0.717, 1.165) is 22.0 Å². The van der Waals surface area contributed by atoms with Crippen molar-refractivity contribution in [1.82, 2.24) is 9.97 Å². The number of H-pyrrole nitrogens is 1. The maximum atomic E-state index is 12.6. The number of benzene rings is 3. The van der Waals surface area contributed by atoms with Crippen LogP contribution in [-0.4, -0.2) is 15.9 Å². The van der Waals surface area contributed by atoms with E-state index in [9.17, 15) is 4.79 Å². The monoisotopic (exact) mass is 452 g/mol. The minimum absolute atomic E-state index is 0.175. The lowest BCUT2D eigenvalue weighted by Crippen LogP contribution is -2.16. The van der Waals surface area contributed by atoms with Crippen LogP contribution in [0.25, 0.3) is 10.9 Å². The van der Waals surface area contributed by atoms with Gasteiger partial charge in [0.1, 0.15) is 18.6 Å². The van der Waals surface area contributed by atoms with Crippen LogP contribution in [0.2, 0.25) is 0 Å². The summed E-state index contributed by atoms with van der Waals surface area (Å²) in [6.45, 7) is 0.479. The fourth-order valence-corrected chi connectivity index (χ4v) is 3.76. The molecule has 2 aromatic heterocycles. The number of nitrogens with one attached hydrogen (secondary N) is 2. The van der Waals surface area contributed by atoms with Crippen LogP contribution in [0.5, 0.6) is 5.75 Å². The second-order valence-electron chi connectivity index (χ2n) is 7.99. The topological polar surface area (TPSA) is 106 Å². The molecule has 5 rings (SSSR count). The number of oxazole rings is 1. The quantitative estimate of drug-likeness (QED) is 0.299. The Bertz CT molecular complexity index is 1390. The van der Waals surface area contributed by atoms with Crippen molar-refractivity contribution in [3.05, 3.63) is 114 Å². The number of aromatic amines is 1. The Morgan fingerprint density at radius 1 is 1.03 bits per heavy atom. The van der Waals surface area contributed by atoms with Crippen LogP contribution < -0.4 is 15.8 Å². The Hall–Kier alpha value is -4.36. The zero-order chi connectivity index (χ0) is 23.3. The lowest BCUT2D eigenvalue weighted by molar-refractivity contribution is 0.102. The molecule has 2 heterocycles. The molecule has 34 heavy (non-hydrogen) atoms. The van der Waals surface area contributed by atoms with E-state index >= 15 is 0 Å². The number of hydrogen-bond donors (Lipinski definition) is 3. The number of nitrogens with two attached hydrogens (primary N) is 1. The maximum Gasteiger partial charge on any atom is 0.277 e. The number of carbonyl (C=O) groups is 1. The van der Waals surface area contributed by atoms with Crippen molar-refractivity contribution in [2.24, 2.45) is 5.73 Å². The highest BCUT2D eigenvalue weighted by Gasteiger charge is 2.19. The number of nitrogens with zero attached hydrogens (tertiary/aromatic N) is 1. The summed E-state index contributed by atoms with van der Waals surface area (Å²) in [7, 11) is 0. The molecule has 0 saturated heterocycles. The molecule has 7 heteroatoms. The van der Waals surface area contributed by atoms with Crippen molar-refractivity contribution in [3.63, 3.8) is 0 Å². The summed E-state index contributed by atoms with van der Waals surface area (Å²) in [5.74, 6) is 0.668. The van der Waals surface area contributed by atoms with Crippen molar-refractivity contribution in [2.45, 2.75) is 19.1 Å². The SMILES string of the molecule is NC(Cc1c[nH]c2ccccc12)c1nc(C(=O)Nc2ccc(OCc3ccccc3)cc2)co1. The molecule has 1 amide bonds. The van der Waals surface area contributed by atoms with E-state index in [-0.39, 0.29) is 11.6 Å². The molecule has 3 aromatic carbocycles. The number of hydrogen-bond acceptors (Lipinski definition) is 5. The Kier molecular flexibility index (Phi) is 6.09. The number of rotatable bonds is 8. The van der Waals surface area contributed by atoms with Gasteiger partial charge < -0.3 is 25.2 Å². The first-order chi connectivity index (χ1) is 16.7. The van der Waals surface area contributed by atoms with Gasteiger partial charge in [0.15, 0.2) is 5.69 Å². The number of anilines is 1. The third-order valence-corrected chi connectivity index (χ3v) is 5.55. The summed E-state index contributed by atoms with van der Waals surface area (Å²) in [5.41, 5.74) is 10.3. The normalized spacial score (nSPS) is 11.9. The van der Waals surface area contributed by atoms with Gasteiger partial charge in [-0.15, -0.1) is 0 Å². The van der Waals surface area contributed by atoms with E-state index in [0.29, 0.717) is 30.4 Å². The third kappa shape index (κ3) is 4.84. The molecule has 0 aliphatic heterocycles. The summed E-state index contributed by atoms with van der Waals surface area (Å²) < 4.78 is 11.3. The average Bonchev–Trinajstić information content (AvgIpc) is 3.53. The molecule has 0 radical (unpaired) electrons. The molecule has 5 aromatic rings. The van der Waals surface area contributed by atoms with E-state index in [1.807, 2.05) is 72.9 Å². The molecule has 0 saturated carbocycles. The molecule has 4 N–H and O–H groups in total. The summed E-state index contributed by atoms with van der Waals surface area (Å²) in [5, 5.41) is 3.93. The fourth-order valence-electron chi connectivity index (χ4n) is 3.76. The number of fused-ring (bicyclic) bond motifs is 1. The van der Waals surface area contributed by atoms with Crippen molar-refractivity contribution in [2.75, 3.05) is 5.32 Å². The fraction of sp³-hybridized carbons (Fsp3) is 0.111. The first kappa shape index (κ1) is 21.5. The van der Waals surface area contributed by atoms with Gasteiger partial charge in [-0.2, -0.15) is 0 Å². The predicted octanol–water partition coefficient (Wildman–Crippen LogP) is 5.23. The molecule has 0 fully saturated rings. The summed E-state index contributed by atoms with van der Waals surface area (Å²) in [6, 6.07) is 24.7. The number of para-hydroxylation sites is 1. The number of ether oxygens (including phenoxy) is 1. The Morgan fingerprint density at radius 2 is 1.79 bits per heavy atom. The molecular formula is C27H24N4O3. The first-order valence-electron chi connectivity index (χ1n) is 11.0. The maximum absolute atomic E-state index is 12.6. The van der Waals surface area contributed by atoms with Crippen molar-refractivity contribution in [1.29, 1.82) is 0 Å². The van der Waals surface area contributed by atoms with Crippen LogP contribution in [-0.2, 0) is 13.0 Å². The smallest absolute Gasteiger partial charge is 0.277 e. The Balaban J connectivity index is 1.18. The molecule has 7 nitrogen and oxygen atoms in total. The largest absolute Gasteiger partial charge is 0.489 e. The molecule has 1 unspecified atom stereocenters. The zero-order valence-corrected chi connectivity index (χ0v) is 18.4. The van der Waals surface area contributed by atoms with Crippen LogP contribution >= 0.6 is 0 Å². The van der Waals surface area contributed by atoms with Gasteiger partial charge in [0.05, 0.1) is 6.04 Å². The van der Waals surface area contributed by atoms with Gasteiger partial charge >= 0.3 is 0 Å². The average molecular weight is 453 g/mol. The van der Waals surface area contributed by atoms with Gasteiger partial charge in [-0.05, 0) is 47.9 Å². The molecule has 0 aliphatic carbocycles. The van der Waals surface area contributed by atoms with E-state index in [2.05, 4.69) is 15.3 Å². The summed E-state index contributed by atoms with van der Waals surface area (Å²) in [4.78, 5) is 20.2. The van der Waals surface area contributed by atoms with Gasteiger partial charge in [-0.25, -0.2) is 4.98 Å². The standard InChI is InChI=1S/C27H24N4O3/c28-23(14-19-15-29-24-9-5-4-8-22(19)24)27-31-25(17-34-27)26(32)30-20-10-12-21(13-11-20)33-16-18-6-2-1-3-7-18/h1-13,15,17,23,29H,14,16,28H2,(H,30,32). The molecule has 0 aliphatic rings. The first-order valence-corrected chi connectivity index (χ1v) is 11.0. The predicted molar refractivity (Wildman–Crippen MR) is 131 cm³/mol. The third-order valence-electron chi connectivity index (χ3n) is 5.55. The Labute approximate surface area is 196 Å². The van der Waals surface area contributed by atoms with Gasteiger partial charge in [0.2, 0.25) is 5.89 Å². The zero-order valence-electron chi connectivity index (χ0n) is 18.4. The van der Waals surface area contributed by atoms with Crippen molar-refractivity contribution in [3.8, 4) is 5.75 Å². The van der Waals surface area contributed by atoms with Crippen LogP contribution in [0.3, 0.4) is 0 Å². The summed E-state index contributed by atoms with van der Waals surface area (Å²) >= 11 is 0. The minimum Gasteiger partial charge on any atom is -0.489 e. The van der Waals surface area contributed by atoms with Crippen LogP contribution in [0.4, 0.5) is 5.69 Å². The summed E-state index contributed by atoms with van der Waals surface area (Å²) in [6.07, 6.45) is 3.81. The van der Waals surface area contributed by atoms with Gasteiger partial charge in [-0.3, -0.25) is 4.79 Å². The lowest BCUT2D eigenvalue weighted by Gasteiger charge is -2.08.